The molecule has 2 rings (SSSR count). The van der Waals surface area contributed by atoms with Gasteiger partial charge in [-0.3, -0.25) is 0 Å². The Morgan fingerprint density at radius 3 is 2.56 bits per heavy atom. The van der Waals surface area contributed by atoms with Gasteiger partial charge in [0.1, 0.15) is 0 Å². The molecular formula is C12H11ClN2Os-. The van der Waals surface area contributed by atoms with Crippen LogP contribution in [0.25, 0.3) is 11.3 Å². The van der Waals surface area contributed by atoms with Crippen LogP contribution in [-0.2, 0) is 24.1 Å². The van der Waals surface area contributed by atoms with Crippen LogP contribution in [0.3, 0.4) is 0 Å². The van der Waals surface area contributed by atoms with Gasteiger partial charge < -0.3 is 10.7 Å². The van der Waals surface area contributed by atoms with Crippen LogP contribution in [0.2, 0.25) is 0 Å². The summed E-state index contributed by atoms with van der Waals surface area (Å²) in [4.78, 5) is 4.24. The van der Waals surface area contributed by atoms with E-state index in [1.807, 2.05) is 36.4 Å². The second-order valence-corrected chi connectivity index (χ2v) is 3.03. The van der Waals surface area contributed by atoms with Gasteiger partial charge in [-0.25, -0.2) is 0 Å². The number of hydrogen-bond acceptors (Lipinski definition) is 2. The van der Waals surface area contributed by atoms with E-state index in [0.29, 0.717) is 6.54 Å². The molecule has 0 aliphatic carbocycles. The van der Waals surface area contributed by atoms with Gasteiger partial charge in [0.2, 0.25) is 0 Å². The molecule has 2 aromatic rings. The summed E-state index contributed by atoms with van der Waals surface area (Å²) in [5, 5.41) is 0. The Balaban J connectivity index is 0.000000606. The van der Waals surface area contributed by atoms with E-state index in [4.69, 9.17) is 5.73 Å². The third-order valence-electron chi connectivity index (χ3n) is 2.05. The summed E-state index contributed by atoms with van der Waals surface area (Å²) in [5.41, 5.74) is 8.53. The zero-order chi connectivity index (χ0) is 11.8. The second-order valence-electron chi connectivity index (χ2n) is 3.03. The number of nitrogens with zero attached hydrogens (tertiary/aromatic N) is 1. The Kier molecular flexibility index (Phi) is 6.26. The molecule has 1 heterocycles. The molecule has 0 atom stereocenters. The first-order valence-corrected chi connectivity index (χ1v) is 7.80. The molecule has 0 radical (unpaired) electrons. The fourth-order valence-electron chi connectivity index (χ4n) is 1.27. The first-order valence-electron chi connectivity index (χ1n) is 4.65. The molecule has 0 amide bonds. The van der Waals surface area contributed by atoms with Crippen molar-refractivity contribution in [2.45, 2.75) is 6.54 Å². The second kappa shape index (κ2) is 7.52. The zero-order valence-electron chi connectivity index (χ0n) is 8.50. The molecule has 2 N–H and O–H groups in total. The van der Waals surface area contributed by atoms with E-state index in [0.717, 1.165) is 16.8 Å². The number of nitrogens with two attached hydrogens (primary N) is 1. The van der Waals surface area contributed by atoms with Crippen LogP contribution in [0.4, 0.5) is 0 Å². The molecular weight excluding hydrogens is 398 g/mol. The van der Waals surface area contributed by atoms with Crippen LogP contribution < -0.4 is 5.73 Å². The van der Waals surface area contributed by atoms with Gasteiger partial charge in [0, 0.05) is 6.20 Å². The molecule has 4 heteroatoms. The average molecular weight is 409 g/mol. The zero-order valence-corrected chi connectivity index (χ0v) is 11.8. The van der Waals surface area contributed by atoms with Crippen LogP contribution in [0.15, 0.2) is 42.6 Å². The predicted molar refractivity (Wildman–Crippen MR) is 62.3 cm³/mol. The summed E-state index contributed by atoms with van der Waals surface area (Å²) in [6, 6.07) is 14.9. The molecule has 0 unspecified atom stereocenters. The topological polar surface area (TPSA) is 38.9 Å². The molecule has 0 spiro atoms. The third-order valence-corrected chi connectivity index (χ3v) is 2.05. The number of pyridine rings is 1. The van der Waals surface area contributed by atoms with Crippen molar-refractivity contribution in [3.63, 3.8) is 0 Å². The standard InChI is InChI=1S/C12H11N2.ClH.Os/c13-9-10-4-6-11(7-5-10)12-3-1-2-8-14-12;;/h1-6,8H,9,13H2;1H;/q-1;;+1/p-1. The van der Waals surface area contributed by atoms with Crippen LogP contribution in [0, 0.1) is 6.07 Å². The Morgan fingerprint density at radius 2 is 2.06 bits per heavy atom. The number of rotatable bonds is 2. The normalized spacial score (nSPS) is 9.19. The first kappa shape index (κ1) is 13.3. The molecule has 0 saturated heterocycles. The van der Waals surface area contributed by atoms with Gasteiger partial charge in [0.15, 0.2) is 0 Å². The first-order chi connectivity index (χ1) is 7.90. The van der Waals surface area contributed by atoms with Crippen LogP contribution in [-0.4, -0.2) is 4.98 Å². The summed E-state index contributed by atoms with van der Waals surface area (Å²) < 4.78 is 0. The number of benzene rings is 1. The monoisotopic (exact) mass is 410 g/mol. The van der Waals surface area contributed by atoms with Crippen LogP contribution >= 0.6 is 9.64 Å². The molecule has 16 heavy (non-hydrogen) atoms. The van der Waals surface area contributed by atoms with E-state index >= 15 is 0 Å². The molecule has 0 aliphatic heterocycles. The van der Waals surface area contributed by atoms with Gasteiger partial charge in [-0.2, -0.15) is 0 Å². The van der Waals surface area contributed by atoms with Crippen molar-refractivity contribution in [1.29, 1.82) is 0 Å². The average Bonchev–Trinajstić information content (AvgIpc) is 2.42. The summed E-state index contributed by atoms with van der Waals surface area (Å²) in [6.07, 6.45) is 1.78. The molecule has 2 nitrogen and oxygen atoms in total. The van der Waals surface area contributed by atoms with Gasteiger partial charge in [-0.15, -0.1) is 35.4 Å². The Morgan fingerprint density at radius 1 is 1.25 bits per heavy atom. The van der Waals surface area contributed by atoms with Crippen molar-refractivity contribution in [2.75, 3.05) is 0 Å². The summed E-state index contributed by atoms with van der Waals surface area (Å²) in [6.45, 7) is 0.555. The Bertz CT molecular complexity index is 403. The van der Waals surface area contributed by atoms with Crippen molar-refractivity contribution in [3.05, 3.63) is 54.2 Å². The van der Waals surface area contributed by atoms with Gasteiger partial charge >= 0.3 is 27.2 Å². The van der Waals surface area contributed by atoms with Crippen LogP contribution in [0.5, 0.6) is 0 Å². The van der Waals surface area contributed by atoms with Gasteiger partial charge in [-0.05, 0) is 18.3 Å². The molecule has 1 aromatic heterocycles. The fraction of sp³-hybridized carbons (Fsp3) is 0.0833. The molecule has 85 valence electrons. The SMILES string of the molecule is NCc1c[c-]c(-c2ccccn2)cc1.[Cl][Os]. The van der Waals surface area contributed by atoms with E-state index in [2.05, 4.69) is 20.7 Å². The molecule has 1 aromatic carbocycles. The number of hydrogen-bond donors (Lipinski definition) is 1. The molecule has 0 fully saturated rings. The van der Waals surface area contributed by atoms with Crippen molar-refractivity contribution >= 4 is 9.64 Å². The van der Waals surface area contributed by atoms with Crippen molar-refractivity contribution in [1.82, 2.24) is 4.98 Å². The maximum absolute atomic E-state index is 5.50. The number of aromatic nitrogens is 1. The van der Waals surface area contributed by atoms with Crippen molar-refractivity contribution in [2.24, 2.45) is 5.73 Å². The van der Waals surface area contributed by atoms with Crippen molar-refractivity contribution < 1.29 is 17.6 Å². The van der Waals surface area contributed by atoms with Gasteiger partial charge in [-0.1, -0.05) is 12.1 Å². The minimum absolute atomic E-state index is 0.555. The van der Waals surface area contributed by atoms with Crippen molar-refractivity contribution in [3.8, 4) is 11.3 Å². The van der Waals surface area contributed by atoms with E-state index in [1.54, 1.807) is 6.20 Å². The van der Waals surface area contributed by atoms with E-state index in [1.165, 1.54) is 17.6 Å². The quantitative estimate of drug-likeness (QED) is 0.776. The van der Waals surface area contributed by atoms with Gasteiger partial charge in [0.05, 0.1) is 0 Å². The number of halogens is 1. The van der Waals surface area contributed by atoms with Crippen LogP contribution in [0.1, 0.15) is 5.56 Å². The third kappa shape index (κ3) is 3.68. The Labute approximate surface area is 110 Å². The van der Waals surface area contributed by atoms with E-state index in [9.17, 15) is 0 Å². The van der Waals surface area contributed by atoms with E-state index in [-0.39, 0.29) is 0 Å². The molecule has 0 bridgehead atoms. The maximum atomic E-state index is 5.50. The summed E-state index contributed by atoms with van der Waals surface area (Å²) >= 11 is 1.33. The summed E-state index contributed by atoms with van der Waals surface area (Å²) in [5.74, 6) is 0. The van der Waals surface area contributed by atoms with E-state index < -0.39 is 0 Å². The molecule has 0 saturated carbocycles. The Hall–Kier alpha value is -0.744. The minimum atomic E-state index is 0.555. The summed E-state index contributed by atoms with van der Waals surface area (Å²) in [7, 11) is 4.67. The fourth-order valence-corrected chi connectivity index (χ4v) is 1.27. The molecule has 0 aliphatic rings. The predicted octanol–water partition coefficient (Wildman–Crippen LogP) is 2.69. The van der Waals surface area contributed by atoms with Gasteiger partial charge in [0.25, 0.3) is 0 Å².